The third kappa shape index (κ3) is 5.96. The summed E-state index contributed by atoms with van der Waals surface area (Å²) < 4.78 is 10.2. The standard InChI is InChI=1S/C21H34N8OS.HI/c1-22-20(28-11-12-30-18(15-28)16-13-24-27(2)14-16)23-10-6-9-19-25-26-21(31-3)29(19)17-7-4-5-8-17;/h13-14,17-18H,4-12,15H2,1-3H3,(H,22,23);1H. The van der Waals surface area contributed by atoms with Crippen molar-refractivity contribution in [3.05, 3.63) is 23.8 Å². The van der Waals surface area contributed by atoms with Crippen molar-refractivity contribution < 1.29 is 4.74 Å². The highest BCUT2D eigenvalue weighted by Gasteiger charge is 2.26. The van der Waals surface area contributed by atoms with Crippen LogP contribution in [0.5, 0.6) is 0 Å². The molecule has 1 N–H and O–H groups in total. The summed E-state index contributed by atoms with van der Waals surface area (Å²) in [6.07, 6.45) is 13.1. The average Bonchev–Trinajstić information content (AvgIpc) is 3.54. The maximum Gasteiger partial charge on any atom is 0.193 e. The van der Waals surface area contributed by atoms with E-state index < -0.39 is 0 Å². The number of aliphatic imine (C=N–C) groups is 1. The number of hydrogen-bond donors (Lipinski definition) is 1. The molecule has 32 heavy (non-hydrogen) atoms. The van der Waals surface area contributed by atoms with Crippen LogP contribution < -0.4 is 5.32 Å². The van der Waals surface area contributed by atoms with Crippen molar-refractivity contribution in [2.75, 3.05) is 39.5 Å². The van der Waals surface area contributed by atoms with Crippen molar-refractivity contribution in [2.45, 2.75) is 55.8 Å². The molecule has 0 bridgehead atoms. The predicted molar refractivity (Wildman–Crippen MR) is 138 cm³/mol. The number of guanidine groups is 1. The van der Waals surface area contributed by atoms with Crippen molar-refractivity contribution in [3.8, 4) is 0 Å². The fraction of sp³-hybridized carbons (Fsp3) is 0.714. The molecule has 0 spiro atoms. The summed E-state index contributed by atoms with van der Waals surface area (Å²) in [7, 11) is 3.78. The first-order valence-corrected chi connectivity index (χ1v) is 12.5. The third-order valence-electron chi connectivity index (χ3n) is 6.14. The van der Waals surface area contributed by atoms with Gasteiger partial charge in [-0.05, 0) is 25.5 Å². The lowest BCUT2D eigenvalue weighted by Gasteiger charge is -2.34. The lowest BCUT2D eigenvalue weighted by molar-refractivity contribution is -0.00801. The SMILES string of the molecule is CN=C(NCCCc1nnc(SC)n1C1CCCC1)N1CCOC(c2cnn(C)c2)C1.I. The van der Waals surface area contributed by atoms with Crippen LogP contribution in [0.15, 0.2) is 22.5 Å². The van der Waals surface area contributed by atoms with Gasteiger partial charge in [-0.2, -0.15) is 5.10 Å². The molecule has 1 saturated carbocycles. The summed E-state index contributed by atoms with van der Waals surface area (Å²) >= 11 is 1.70. The van der Waals surface area contributed by atoms with E-state index in [1.165, 1.54) is 25.7 Å². The molecule has 9 nitrogen and oxygen atoms in total. The number of rotatable bonds is 7. The Morgan fingerprint density at radius 2 is 2.12 bits per heavy atom. The quantitative estimate of drug-likeness (QED) is 0.179. The molecule has 1 unspecified atom stereocenters. The Balaban J connectivity index is 0.00000289. The van der Waals surface area contributed by atoms with Gasteiger partial charge < -0.3 is 19.5 Å². The Morgan fingerprint density at radius 1 is 1.31 bits per heavy atom. The molecule has 3 heterocycles. The van der Waals surface area contributed by atoms with E-state index in [1.807, 2.05) is 31.2 Å². The molecule has 0 amide bonds. The van der Waals surface area contributed by atoms with Gasteiger partial charge >= 0.3 is 0 Å². The van der Waals surface area contributed by atoms with E-state index in [0.29, 0.717) is 12.6 Å². The third-order valence-corrected chi connectivity index (χ3v) is 6.79. The first kappa shape index (κ1) is 25.3. The number of morpholine rings is 1. The smallest absolute Gasteiger partial charge is 0.193 e. The first-order chi connectivity index (χ1) is 15.2. The highest BCUT2D eigenvalue weighted by Crippen LogP contribution is 2.33. The van der Waals surface area contributed by atoms with E-state index in [1.54, 1.807) is 11.8 Å². The fourth-order valence-corrected chi connectivity index (χ4v) is 5.15. The molecule has 2 aliphatic rings. The zero-order chi connectivity index (χ0) is 21.6. The molecule has 1 aliphatic carbocycles. The van der Waals surface area contributed by atoms with Crippen LogP contribution in [0.1, 0.15) is 55.6 Å². The zero-order valence-corrected chi connectivity index (χ0v) is 22.4. The van der Waals surface area contributed by atoms with Crippen LogP contribution in [-0.2, 0) is 18.2 Å². The van der Waals surface area contributed by atoms with Gasteiger partial charge in [-0.3, -0.25) is 9.67 Å². The van der Waals surface area contributed by atoms with Crippen LogP contribution in [-0.4, -0.2) is 74.9 Å². The molecule has 1 atom stereocenters. The molecular weight excluding hydrogens is 539 g/mol. The minimum absolute atomic E-state index is 0. The summed E-state index contributed by atoms with van der Waals surface area (Å²) in [6, 6.07) is 0.575. The molecule has 1 aliphatic heterocycles. The van der Waals surface area contributed by atoms with Gasteiger partial charge in [0.15, 0.2) is 11.1 Å². The molecule has 178 valence electrons. The van der Waals surface area contributed by atoms with E-state index in [0.717, 1.165) is 55.0 Å². The summed E-state index contributed by atoms with van der Waals surface area (Å²) in [5, 5.41) is 17.8. The topological polar surface area (TPSA) is 85.4 Å². The lowest BCUT2D eigenvalue weighted by atomic mass is 10.1. The minimum atomic E-state index is 0. The highest BCUT2D eigenvalue weighted by atomic mass is 127. The number of halogens is 1. The van der Waals surface area contributed by atoms with Gasteiger partial charge in [0.05, 0.1) is 19.3 Å². The van der Waals surface area contributed by atoms with Crippen LogP contribution in [0.4, 0.5) is 0 Å². The molecule has 2 aromatic heterocycles. The molecule has 4 rings (SSSR count). The van der Waals surface area contributed by atoms with Gasteiger partial charge in [0.2, 0.25) is 0 Å². The van der Waals surface area contributed by atoms with Gasteiger partial charge in [0, 0.05) is 51.4 Å². The van der Waals surface area contributed by atoms with Crippen molar-refractivity contribution in [1.82, 2.24) is 34.8 Å². The second-order valence-electron chi connectivity index (χ2n) is 8.24. The molecular formula is C21H35IN8OS. The fourth-order valence-electron chi connectivity index (χ4n) is 4.57. The van der Waals surface area contributed by atoms with Crippen molar-refractivity contribution in [2.24, 2.45) is 12.0 Å². The Labute approximate surface area is 211 Å². The van der Waals surface area contributed by atoms with Gasteiger partial charge in [0.1, 0.15) is 11.9 Å². The second kappa shape index (κ2) is 12.2. The highest BCUT2D eigenvalue weighted by molar-refractivity contribution is 14.0. The molecule has 11 heteroatoms. The summed E-state index contributed by atoms with van der Waals surface area (Å²) in [6.45, 7) is 3.15. The van der Waals surface area contributed by atoms with Crippen LogP contribution in [0.3, 0.4) is 0 Å². The molecule has 0 aromatic carbocycles. The molecule has 2 fully saturated rings. The second-order valence-corrected chi connectivity index (χ2v) is 9.01. The largest absolute Gasteiger partial charge is 0.370 e. The van der Waals surface area contributed by atoms with E-state index >= 15 is 0 Å². The molecule has 1 saturated heterocycles. The number of aromatic nitrogens is 5. The van der Waals surface area contributed by atoms with E-state index in [4.69, 9.17) is 4.74 Å². The first-order valence-electron chi connectivity index (χ1n) is 11.2. The van der Waals surface area contributed by atoms with Gasteiger partial charge in [0.25, 0.3) is 0 Å². The Morgan fingerprint density at radius 3 is 2.81 bits per heavy atom. The maximum atomic E-state index is 5.96. The number of aryl methyl sites for hydroxylation is 2. The van der Waals surface area contributed by atoms with E-state index in [9.17, 15) is 0 Å². The minimum Gasteiger partial charge on any atom is -0.370 e. The van der Waals surface area contributed by atoms with Crippen molar-refractivity contribution in [3.63, 3.8) is 0 Å². The normalized spacial score (nSPS) is 19.9. The Bertz CT molecular complexity index is 879. The summed E-state index contributed by atoms with van der Waals surface area (Å²) in [4.78, 5) is 6.78. The predicted octanol–water partition coefficient (Wildman–Crippen LogP) is 3.05. The van der Waals surface area contributed by atoms with Gasteiger partial charge in [-0.25, -0.2) is 0 Å². The van der Waals surface area contributed by atoms with Crippen LogP contribution >= 0.6 is 35.7 Å². The molecule has 0 radical (unpaired) electrons. The number of nitrogens with one attached hydrogen (secondary N) is 1. The Hall–Kier alpha value is -1.34. The maximum absolute atomic E-state index is 5.96. The average molecular weight is 575 g/mol. The Kier molecular flexibility index (Phi) is 9.65. The molecule has 2 aromatic rings. The monoisotopic (exact) mass is 574 g/mol. The van der Waals surface area contributed by atoms with Gasteiger partial charge in [-0.1, -0.05) is 24.6 Å². The number of ether oxygens (including phenoxy) is 1. The number of hydrogen-bond acceptors (Lipinski definition) is 6. The van der Waals surface area contributed by atoms with E-state index in [2.05, 4.69) is 41.3 Å². The van der Waals surface area contributed by atoms with Crippen molar-refractivity contribution >= 4 is 41.7 Å². The van der Waals surface area contributed by atoms with Gasteiger partial charge in [-0.15, -0.1) is 34.2 Å². The van der Waals surface area contributed by atoms with Crippen LogP contribution in [0.2, 0.25) is 0 Å². The number of thioether (sulfide) groups is 1. The number of nitrogens with zero attached hydrogens (tertiary/aromatic N) is 7. The van der Waals surface area contributed by atoms with Crippen LogP contribution in [0.25, 0.3) is 0 Å². The lowest BCUT2D eigenvalue weighted by Crippen LogP contribution is -2.48. The van der Waals surface area contributed by atoms with E-state index in [-0.39, 0.29) is 30.1 Å². The zero-order valence-electron chi connectivity index (χ0n) is 19.2. The summed E-state index contributed by atoms with van der Waals surface area (Å²) in [5.41, 5.74) is 1.11. The summed E-state index contributed by atoms with van der Waals surface area (Å²) in [5.74, 6) is 2.05. The van der Waals surface area contributed by atoms with Crippen molar-refractivity contribution in [1.29, 1.82) is 0 Å². The van der Waals surface area contributed by atoms with Crippen LogP contribution in [0, 0.1) is 0 Å².